The second-order valence-corrected chi connectivity index (χ2v) is 9.10. The molecule has 0 atom stereocenters. The fourth-order valence-corrected chi connectivity index (χ4v) is 5.09. The molecule has 3 aromatic rings. The molecule has 27 heavy (non-hydrogen) atoms. The number of piperazine rings is 1. The van der Waals surface area contributed by atoms with E-state index in [9.17, 15) is 4.79 Å². The molecule has 0 unspecified atom stereocenters. The molecule has 3 heterocycles. The van der Waals surface area contributed by atoms with Crippen molar-refractivity contribution in [3.63, 3.8) is 0 Å². The minimum atomic E-state index is 0.168. The first-order valence-corrected chi connectivity index (χ1v) is 10.9. The van der Waals surface area contributed by atoms with E-state index in [1.54, 1.807) is 16.2 Å². The van der Waals surface area contributed by atoms with Gasteiger partial charge in [-0.3, -0.25) is 14.6 Å². The zero-order valence-corrected chi connectivity index (χ0v) is 17.1. The van der Waals surface area contributed by atoms with Crippen LogP contribution in [0.1, 0.15) is 9.88 Å². The van der Waals surface area contributed by atoms with Crippen LogP contribution in [0.15, 0.2) is 41.8 Å². The van der Waals surface area contributed by atoms with E-state index in [2.05, 4.69) is 38.4 Å². The molecule has 1 aromatic carbocycles. The van der Waals surface area contributed by atoms with Crippen LogP contribution in [0.4, 0.5) is 0 Å². The molecule has 0 aliphatic carbocycles. The molecule has 0 radical (unpaired) electrons. The van der Waals surface area contributed by atoms with E-state index >= 15 is 0 Å². The number of amides is 1. The van der Waals surface area contributed by atoms with E-state index in [-0.39, 0.29) is 5.91 Å². The predicted octanol–water partition coefficient (Wildman–Crippen LogP) is 3.13. The Bertz CT molecular complexity index is 851. The average molecular weight is 401 g/mol. The highest BCUT2D eigenvalue weighted by Gasteiger charge is 2.21. The van der Waals surface area contributed by atoms with Gasteiger partial charge in [0, 0.05) is 44.6 Å². The number of hydrogen-bond donors (Lipinski definition) is 0. The van der Waals surface area contributed by atoms with Gasteiger partial charge in [0.2, 0.25) is 5.91 Å². The number of nitrogens with zero attached hydrogens (tertiary/aromatic N) is 4. The van der Waals surface area contributed by atoms with E-state index in [1.165, 1.54) is 9.58 Å². The molecule has 5 nitrogen and oxygen atoms in total. The normalized spacial score (nSPS) is 16.0. The minimum Gasteiger partial charge on any atom is -0.338 e. The van der Waals surface area contributed by atoms with Crippen LogP contribution < -0.4 is 0 Å². The molecule has 2 aromatic heterocycles. The lowest BCUT2D eigenvalue weighted by Crippen LogP contribution is -2.49. The van der Waals surface area contributed by atoms with Crippen LogP contribution in [-0.4, -0.2) is 65.4 Å². The predicted molar refractivity (Wildman–Crippen MR) is 112 cm³/mol. The van der Waals surface area contributed by atoms with Crippen molar-refractivity contribution in [2.24, 2.45) is 0 Å². The molecule has 4 rings (SSSR count). The summed E-state index contributed by atoms with van der Waals surface area (Å²) in [6, 6.07) is 12.4. The van der Waals surface area contributed by atoms with Crippen LogP contribution in [-0.2, 0) is 17.9 Å². The quantitative estimate of drug-likeness (QED) is 0.637. The number of fused-ring (bicyclic) bond motifs is 1. The van der Waals surface area contributed by atoms with Gasteiger partial charge in [0.05, 0.1) is 23.3 Å². The van der Waals surface area contributed by atoms with Gasteiger partial charge < -0.3 is 4.90 Å². The molecule has 142 valence electrons. The summed E-state index contributed by atoms with van der Waals surface area (Å²) >= 11 is 3.48. The molecule has 7 heteroatoms. The van der Waals surface area contributed by atoms with Crippen LogP contribution in [0.3, 0.4) is 0 Å². The number of aromatic nitrogens is 1. The number of rotatable bonds is 6. The van der Waals surface area contributed by atoms with Gasteiger partial charge in [-0.05, 0) is 23.6 Å². The summed E-state index contributed by atoms with van der Waals surface area (Å²) in [5.41, 5.74) is 1.01. The summed E-state index contributed by atoms with van der Waals surface area (Å²) < 4.78 is 1.18. The summed E-state index contributed by atoms with van der Waals surface area (Å²) in [4.78, 5) is 25.2. The van der Waals surface area contributed by atoms with Crippen molar-refractivity contribution in [1.29, 1.82) is 0 Å². The van der Waals surface area contributed by atoms with Crippen molar-refractivity contribution in [2.45, 2.75) is 13.1 Å². The number of benzene rings is 1. The summed E-state index contributed by atoms with van der Waals surface area (Å²) in [6.45, 7) is 6.04. The smallest absolute Gasteiger partial charge is 0.236 e. The topological polar surface area (TPSA) is 39.7 Å². The molecule has 1 saturated heterocycles. The Kier molecular flexibility index (Phi) is 5.83. The summed E-state index contributed by atoms with van der Waals surface area (Å²) in [6.07, 6.45) is 0. The third kappa shape index (κ3) is 4.73. The first kappa shape index (κ1) is 18.6. The van der Waals surface area contributed by atoms with Crippen molar-refractivity contribution < 1.29 is 4.79 Å². The van der Waals surface area contributed by atoms with Crippen molar-refractivity contribution in [3.8, 4) is 0 Å². The molecular formula is C20H24N4OS2. The number of hydrogen-bond acceptors (Lipinski definition) is 6. The maximum absolute atomic E-state index is 12.6. The number of likely N-dealkylation sites (N-methyl/N-ethyl adjacent to an activating group) is 1. The minimum absolute atomic E-state index is 0.168. The molecule has 1 amide bonds. The number of para-hydroxylation sites is 1. The van der Waals surface area contributed by atoms with Crippen molar-refractivity contribution in [2.75, 3.05) is 39.8 Å². The second-order valence-electron chi connectivity index (χ2n) is 6.96. The Morgan fingerprint density at radius 3 is 2.63 bits per heavy atom. The second kappa shape index (κ2) is 8.48. The number of carbonyl (C=O) groups excluding carboxylic acids is 1. The van der Waals surface area contributed by atoms with Crippen LogP contribution in [0.5, 0.6) is 0 Å². The van der Waals surface area contributed by atoms with Crippen molar-refractivity contribution >= 4 is 38.8 Å². The van der Waals surface area contributed by atoms with E-state index in [1.807, 2.05) is 36.6 Å². The summed E-state index contributed by atoms with van der Waals surface area (Å²) in [5, 5.41) is 3.12. The van der Waals surface area contributed by atoms with Crippen LogP contribution >= 0.6 is 22.7 Å². The maximum atomic E-state index is 12.6. The summed E-state index contributed by atoms with van der Waals surface area (Å²) in [7, 11) is 1.88. The maximum Gasteiger partial charge on any atom is 0.236 e. The molecule has 1 aliphatic heterocycles. The largest absolute Gasteiger partial charge is 0.338 e. The van der Waals surface area contributed by atoms with E-state index in [0.717, 1.165) is 43.2 Å². The Morgan fingerprint density at radius 2 is 1.89 bits per heavy atom. The van der Waals surface area contributed by atoms with Gasteiger partial charge in [-0.15, -0.1) is 22.7 Å². The lowest BCUT2D eigenvalue weighted by atomic mass is 10.3. The molecule has 1 aliphatic rings. The molecule has 0 saturated carbocycles. The van der Waals surface area contributed by atoms with Crippen LogP contribution in [0.25, 0.3) is 10.2 Å². The summed E-state index contributed by atoms with van der Waals surface area (Å²) in [5.74, 6) is 0.168. The SMILES string of the molecule is CN(Cc1nc2ccccc2s1)C(=O)CN1CCN(Cc2cccs2)CC1. The third-order valence-electron chi connectivity index (χ3n) is 4.92. The first-order chi connectivity index (χ1) is 13.2. The van der Waals surface area contributed by atoms with Gasteiger partial charge >= 0.3 is 0 Å². The Labute approximate surface area is 167 Å². The van der Waals surface area contributed by atoms with Gasteiger partial charge in [0.25, 0.3) is 0 Å². The first-order valence-electron chi connectivity index (χ1n) is 9.23. The zero-order valence-electron chi connectivity index (χ0n) is 15.5. The van der Waals surface area contributed by atoms with Crippen molar-refractivity contribution in [3.05, 3.63) is 51.7 Å². The van der Waals surface area contributed by atoms with Crippen LogP contribution in [0.2, 0.25) is 0 Å². The Morgan fingerprint density at radius 1 is 1.11 bits per heavy atom. The third-order valence-corrected chi connectivity index (χ3v) is 6.80. The highest BCUT2D eigenvalue weighted by molar-refractivity contribution is 7.18. The number of thiazole rings is 1. The highest BCUT2D eigenvalue weighted by Crippen LogP contribution is 2.22. The van der Waals surface area contributed by atoms with Gasteiger partial charge in [0.15, 0.2) is 0 Å². The highest BCUT2D eigenvalue weighted by atomic mass is 32.1. The number of carbonyl (C=O) groups is 1. The van der Waals surface area contributed by atoms with Gasteiger partial charge in [-0.25, -0.2) is 4.98 Å². The zero-order chi connectivity index (χ0) is 18.6. The van der Waals surface area contributed by atoms with E-state index < -0.39 is 0 Å². The van der Waals surface area contributed by atoms with Crippen LogP contribution in [0, 0.1) is 0 Å². The van der Waals surface area contributed by atoms with Gasteiger partial charge in [-0.1, -0.05) is 18.2 Å². The molecule has 0 N–H and O–H groups in total. The molecular weight excluding hydrogens is 376 g/mol. The molecule has 1 fully saturated rings. The molecule has 0 spiro atoms. The number of thiophene rings is 1. The Hall–Kier alpha value is -1.80. The van der Waals surface area contributed by atoms with Crippen molar-refractivity contribution in [1.82, 2.24) is 19.7 Å². The lowest BCUT2D eigenvalue weighted by Gasteiger charge is -2.34. The van der Waals surface area contributed by atoms with Gasteiger partial charge in [0.1, 0.15) is 5.01 Å². The average Bonchev–Trinajstić information content (AvgIpc) is 3.32. The lowest BCUT2D eigenvalue weighted by molar-refractivity contribution is -0.132. The monoisotopic (exact) mass is 400 g/mol. The van der Waals surface area contributed by atoms with Gasteiger partial charge in [-0.2, -0.15) is 0 Å². The van der Waals surface area contributed by atoms with E-state index in [4.69, 9.17) is 0 Å². The standard InChI is InChI=1S/C20H24N4OS2/c1-22(14-19-21-17-6-2-3-7-18(17)27-19)20(25)15-24-10-8-23(9-11-24)13-16-5-4-12-26-16/h2-7,12H,8-11,13-15H2,1H3. The fraction of sp³-hybridized carbons (Fsp3) is 0.400. The fourth-order valence-electron chi connectivity index (χ4n) is 3.32. The Balaban J connectivity index is 1.25. The molecule has 0 bridgehead atoms. The van der Waals surface area contributed by atoms with E-state index in [0.29, 0.717) is 13.1 Å².